The molecule has 3 spiro atoms. The maximum absolute atomic E-state index is 13.5. The second kappa shape index (κ2) is 6.96. The van der Waals surface area contributed by atoms with E-state index in [4.69, 9.17) is 32.8 Å². The Balaban J connectivity index is 1.42. The minimum Gasteiger partial charge on any atom is -0.472 e. The van der Waals surface area contributed by atoms with Gasteiger partial charge in [0.2, 0.25) is 0 Å². The van der Waals surface area contributed by atoms with Crippen LogP contribution in [-0.2, 0) is 42.8 Å². The first kappa shape index (κ1) is 26.8. The Morgan fingerprint density at radius 1 is 0.977 bits per heavy atom. The highest BCUT2D eigenvalue weighted by atomic mass is 16.9. The highest BCUT2D eigenvalue weighted by Gasteiger charge is 3.08. The van der Waals surface area contributed by atoms with Gasteiger partial charge in [-0.3, -0.25) is 14.4 Å². The van der Waals surface area contributed by atoms with Crippen molar-refractivity contribution in [3.8, 4) is 0 Å². The van der Waals surface area contributed by atoms with E-state index in [1.165, 1.54) is 26.4 Å². The summed E-state index contributed by atoms with van der Waals surface area (Å²) in [6, 6.07) is 1.56. The van der Waals surface area contributed by atoms with Gasteiger partial charge in [-0.25, -0.2) is 0 Å². The summed E-state index contributed by atoms with van der Waals surface area (Å²) in [6.45, 7) is 5.87. The largest absolute Gasteiger partial charge is 0.472 e. The molecule has 43 heavy (non-hydrogen) atoms. The normalized spacial score (nSPS) is 61.5. The zero-order chi connectivity index (χ0) is 30.5. The van der Waals surface area contributed by atoms with Gasteiger partial charge < -0.3 is 53.3 Å². The predicted molar refractivity (Wildman–Crippen MR) is 132 cm³/mol. The van der Waals surface area contributed by atoms with Crippen molar-refractivity contribution in [2.24, 2.45) is 22.7 Å². The van der Waals surface area contributed by atoms with Gasteiger partial charge in [-0.2, -0.15) is 0 Å². The minimum absolute atomic E-state index is 0.0701. The summed E-state index contributed by atoms with van der Waals surface area (Å²) in [4.78, 5) is 39.5. The lowest BCUT2D eigenvalue weighted by molar-refractivity contribution is -0.497. The van der Waals surface area contributed by atoms with Crippen molar-refractivity contribution in [1.29, 1.82) is 0 Å². The number of hydrogen-bond acceptors (Lipinski definition) is 14. The van der Waals surface area contributed by atoms with E-state index in [1.807, 2.05) is 0 Å². The maximum atomic E-state index is 13.5. The van der Waals surface area contributed by atoms with Crippen LogP contribution in [0, 0.1) is 22.7 Å². The first-order chi connectivity index (χ1) is 20.1. The first-order valence-corrected chi connectivity index (χ1v) is 14.5. The molecule has 15 atom stereocenters. The summed E-state index contributed by atoms with van der Waals surface area (Å²) >= 11 is 0. The number of aliphatic hydroxyl groups is 4. The first-order valence-electron chi connectivity index (χ1n) is 14.5. The van der Waals surface area contributed by atoms with Crippen molar-refractivity contribution in [1.82, 2.24) is 0 Å². The van der Waals surface area contributed by atoms with Crippen molar-refractivity contribution >= 4 is 17.9 Å². The van der Waals surface area contributed by atoms with E-state index >= 15 is 0 Å². The Hall–Kier alpha value is -2.59. The van der Waals surface area contributed by atoms with Gasteiger partial charge in [-0.1, -0.05) is 13.8 Å². The SMILES string of the molecule is CC(=O)O[C@H]1[C@@H](O)[C@]23O[C@@]4(C)O[C@]2([C@@H]2CC(=O)O[C@H](c5ccoc5)[C@@]21C)[C@H](O)[C@@]1(O)[C@@H](O)[C@]2(C)C[C@@]1(O4)[C@@]31OC(=O)C[C@@H]21. The summed E-state index contributed by atoms with van der Waals surface area (Å²) < 4.78 is 43.1. The molecule has 0 amide bonds. The number of aliphatic hydroxyl groups excluding tert-OH is 3. The lowest BCUT2D eigenvalue weighted by atomic mass is 9.35. The van der Waals surface area contributed by atoms with Crippen LogP contribution in [0.2, 0.25) is 0 Å². The fraction of sp³-hybridized carbons (Fsp3) is 0.759. The van der Waals surface area contributed by atoms with Crippen molar-refractivity contribution in [2.75, 3.05) is 0 Å². The molecule has 4 aliphatic heterocycles. The summed E-state index contributed by atoms with van der Waals surface area (Å²) in [5, 5.41) is 50.0. The van der Waals surface area contributed by atoms with Gasteiger partial charge in [-0.05, 0) is 12.5 Å². The molecule has 1 aromatic heterocycles. The second-order valence-electron chi connectivity index (χ2n) is 14.3. The third kappa shape index (κ3) is 2.17. The monoisotopic (exact) mass is 604 g/mol. The molecule has 0 aromatic carbocycles. The van der Waals surface area contributed by atoms with E-state index < -0.39 is 111 Å². The Morgan fingerprint density at radius 2 is 1.70 bits per heavy atom. The van der Waals surface area contributed by atoms with Crippen molar-refractivity contribution in [3.63, 3.8) is 0 Å². The standard InChI is InChI=1S/C29H32O14/c1-11(30)38-19-17(33)29-27(14-8-15(31)39-18(23(14,19)3)12-5-6-37-9-12)21(35)26(36)20(34)22(2)10-25(26,41-24(4,42-27)43-29)28(29)13(22)7-16(32)40-28/h5-6,9,13-14,17-21,33-36H,7-8,10H2,1-4H3/t13-,14+,17+,18+,19-,20-,21+,22+,23+,24+,25-,26-,27+,28+,29-/m0/s1. The summed E-state index contributed by atoms with van der Waals surface area (Å²) in [7, 11) is 0. The molecule has 1 aromatic rings. The Kier molecular flexibility index (Phi) is 4.33. The van der Waals surface area contributed by atoms with Gasteiger partial charge in [0.25, 0.3) is 5.97 Å². The lowest BCUT2D eigenvalue weighted by Crippen LogP contribution is -2.99. The zero-order valence-electron chi connectivity index (χ0n) is 23.8. The molecule has 8 fully saturated rings. The molecule has 4 N–H and O–H groups in total. The third-order valence-corrected chi connectivity index (χ3v) is 12.8. The fourth-order valence-electron chi connectivity index (χ4n) is 11.8. The average Bonchev–Trinajstić information content (AvgIpc) is 3.69. The second-order valence-corrected chi connectivity index (χ2v) is 14.3. The molecule has 0 unspecified atom stereocenters. The van der Waals surface area contributed by atoms with Crippen molar-refractivity contribution in [2.45, 2.75) is 111 Å². The number of fused-ring (bicyclic) bond motifs is 4. The number of esters is 3. The number of furan rings is 1. The molecule has 4 aliphatic carbocycles. The topological polar surface area (TPSA) is 201 Å². The molecule has 4 saturated heterocycles. The van der Waals surface area contributed by atoms with Crippen LogP contribution in [0.5, 0.6) is 0 Å². The van der Waals surface area contributed by atoms with Crippen molar-refractivity contribution < 1.29 is 67.6 Å². The Labute approximate surface area is 244 Å². The molecule has 232 valence electrons. The smallest absolute Gasteiger partial charge is 0.307 e. The van der Waals surface area contributed by atoms with Gasteiger partial charge >= 0.3 is 17.9 Å². The molecule has 5 heterocycles. The van der Waals surface area contributed by atoms with E-state index in [0.717, 1.165) is 0 Å². The molecule has 9 rings (SSSR count). The van der Waals surface area contributed by atoms with E-state index in [1.54, 1.807) is 19.9 Å². The Bertz CT molecular complexity index is 1530. The van der Waals surface area contributed by atoms with Crippen LogP contribution in [0.3, 0.4) is 0 Å². The van der Waals surface area contributed by atoms with Crippen LogP contribution in [0.15, 0.2) is 23.0 Å². The van der Waals surface area contributed by atoms with Gasteiger partial charge in [0, 0.05) is 36.7 Å². The Morgan fingerprint density at radius 3 is 2.37 bits per heavy atom. The van der Waals surface area contributed by atoms with Crippen LogP contribution >= 0.6 is 0 Å². The number of carbonyl (C=O) groups excluding carboxylic acids is 3. The summed E-state index contributed by atoms with van der Waals surface area (Å²) in [5.74, 6) is -6.36. The number of cyclic esters (lactones) is 1. The molecule has 14 nitrogen and oxygen atoms in total. The van der Waals surface area contributed by atoms with E-state index in [-0.39, 0.29) is 12.8 Å². The van der Waals surface area contributed by atoms with Gasteiger partial charge in [0.1, 0.15) is 30.0 Å². The average molecular weight is 605 g/mol. The van der Waals surface area contributed by atoms with E-state index in [9.17, 15) is 34.8 Å². The van der Waals surface area contributed by atoms with Crippen LogP contribution in [-0.4, -0.2) is 96.7 Å². The summed E-state index contributed by atoms with van der Waals surface area (Å²) in [6.07, 6.45) is -6.27. The maximum Gasteiger partial charge on any atom is 0.307 e. The van der Waals surface area contributed by atoms with Crippen LogP contribution in [0.1, 0.15) is 58.6 Å². The number of hydrogen-bond donors (Lipinski definition) is 4. The molecule has 4 bridgehead atoms. The number of rotatable bonds is 2. The molecule has 4 saturated carbocycles. The van der Waals surface area contributed by atoms with Crippen LogP contribution in [0.25, 0.3) is 0 Å². The molecule has 14 heteroatoms. The zero-order valence-corrected chi connectivity index (χ0v) is 23.8. The van der Waals surface area contributed by atoms with Gasteiger partial charge in [-0.15, -0.1) is 0 Å². The quantitative estimate of drug-likeness (QED) is 0.245. The molecule has 8 aliphatic rings. The highest BCUT2D eigenvalue weighted by molar-refractivity contribution is 5.78. The number of ether oxygens (including phenoxy) is 6. The summed E-state index contributed by atoms with van der Waals surface area (Å²) in [5.41, 5.74) is -13.5. The van der Waals surface area contributed by atoms with Gasteiger partial charge in [0.15, 0.2) is 22.4 Å². The molecular weight excluding hydrogens is 572 g/mol. The highest BCUT2D eigenvalue weighted by Crippen LogP contribution is 2.88. The molecular formula is C29H32O14. The van der Waals surface area contributed by atoms with Crippen molar-refractivity contribution in [3.05, 3.63) is 24.2 Å². The van der Waals surface area contributed by atoms with Gasteiger partial charge in [0.05, 0.1) is 36.9 Å². The number of carbonyl (C=O) groups is 3. The molecule has 0 radical (unpaired) electrons. The van der Waals surface area contributed by atoms with E-state index in [0.29, 0.717) is 5.56 Å². The van der Waals surface area contributed by atoms with Crippen LogP contribution < -0.4 is 0 Å². The third-order valence-electron chi connectivity index (χ3n) is 12.8. The minimum atomic E-state index is -2.50. The van der Waals surface area contributed by atoms with E-state index in [2.05, 4.69) is 0 Å². The fourth-order valence-corrected chi connectivity index (χ4v) is 11.8. The predicted octanol–water partition coefficient (Wildman–Crippen LogP) is -0.645. The lowest BCUT2D eigenvalue weighted by Gasteiger charge is -2.76. The van der Waals surface area contributed by atoms with Crippen LogP contribution in [0.4, 0.5) is 0 Å².